The van der Waals surface area contributed by atoms with Crippen LogP contribution in [-0.4, -0.2) is 15.9 Å². The van der Waals surface area contributed by atoms with Gasteiger partial charge in [0.15, 0.2) is 5.82 Å². The zero-order valence-corrected chi connectivity index (χ0v) is 19.7. The molecule has 4 aromatic carbocycles. The Morgan fingerprint density at radius 3 is 2.33 bits per heavy atom. The van der Waals surface area contributed by atoms with E-state index >= 15 is 0 Å². The van der Waals surface area contributed by atoms with Crippen LogP contribution in [0.2, 0.25) is 0 Å². The van der Waals surface area contributed by atoms with E-state index in [2.05, 4.69) is 20.6 Å². The molecular formula is C30H24N4O2. The Morgan fingerprint density at radius 1 is 0.750 bits per heavy atom. The topological polar surface area (TPSA) is 76.1 Å². The van der Waals surface area contributed by atoms with Gasteiger partial charge in [-0.2, -0.15) is 0 Å². The van der Waals surface area contributed by atoms with Crippen molar-refractivity contribution >= 4 is 23.1 Å². The summed E-state index contributed by atoms with van der Waals surface area (Å²) < 4.78 is 5.81. The highest BCUT2D eigenvalue weighted by Gasteiger charge is 2.09. The number of para-hydroxylation sites is 1. The Balaban J connectivity index is 1.25. The lowest BCUT2D eigenvalue weighted by atomic mass is 10.1. The molecule has 0 saturated heterocycles. The lowest BCUT2D eigenvalue weighted by Gasteiger charge is -2.10. The molecule has 176 valence electrons. The molecule has 0 saturated carbocycles. The van der Waals surface area contributed by atoms with Crippen LogP contribution in [0.15, 0.2) is 115 Å². The summed E-state index contributed by atoms with van der Waals surface area (Å²) in [5.74, 6) is 2.53. The summed E-state index contributed by atoms with van der Waals surface area (Å²) in [4.78, 5) is 21.9. The quantitative estimate of drug-likeness (QED) is 0.261. The lowest BCUT2D eigenvalue weighted by Crippen LogP contribution is -2.12. The molecule has 0 aliphatic heterocycles. The van der Waals surface area contributed by atoms with Crippen LogP contribution in [0.1, 0.15) is 15.9 Å². The van der Waals surface area contributed by atoms with Gasteiger partial charge in [0.05, 0.1) is 0 Å². The third-order valence-electron chi connectivity index (χ3n) is 5.42. The lowest BCUT2D eigenvalue weighted by molar-refractivity contribution is 0.102. The smallest absolute Gasteiger partial charge is 0.255 e. The largest absolute Gasteiger partial charge is 0.457 e. The van der Waals surface area contributed by atoms with Gasteiger partial charge in [0.2, 0.25) is 0 Å². The van der Waals surface area contributed by atoms with Gasteiger partial charge in [-0.3, -0.25) is 4.79 Å². The third kappa shape index (κ3) is 5.74. The van der Waals surface area contributed by atoms with E-state index in [4.69, 9.17) is 4.74 Å². The van der Waals surface area contributed by atoms with Crippen LogP contribution in [0.5, 0.6) is 11.5 Å². The molecule has 1 amide bonds. The first-order valence-corrected chi connectivity index (χ1v) is 11.5. The second-order valence-electron chi connectivity index (χ2n) is 8.23. The minimum absolute atomic E-state index is 0.210. The molecule has 1 aromatic heterocycles. The normalized spacial score (nSPS) is 10.5. The summed E-state index contributed by atoms with van der Waals surface area (Å²) in [6.45, 7) is 2.04. The summed E-state index contributed by atoms with van der Waals surface area (Å²) in [7, 11) is 0. The number of rotatable bonds is 7. The average Bonchev–Trinajstić information content (AvgIpc) is 2.91. The summed E-state index contributed by atoms with van der Waals surface area (Å²) in [5.41, 5.74) is 4.05. The van der Waals surface area contributed by atoms with Crippen LogP contribution in [0, 0.1) is 6.92 Å². The maximum atomic E-state index is 12.9. The Kier molecular flexibility index (Phi) is 6.67. The first kappa shape index (κ1) is 22.8. The molecule has 6 nitrogen and oxygen atoms in total. The van der Waals surface area contributed by atoms with Crippen molar-refractivity contribution < 1.29 is 9.53 Å². The molecule has 0 unspecified atom stereocenters. The maximum Gasteiger partial charge on any atom is 0.255 e. The standard InChI is InChI=1S/C30H24N4O2/c1-21-7-5-8-22(19-21)29-31-18-17-28(34-29)32-25-10-6-9-23(20-25)30(35)33-24-13-15-27(16-14-24)36-26-11-3-2-4-12-26/h2-20H,1H3,(H,33,35)(H,31,32,34). The second-order valence-corrected chi connectivity index (χ2v) is 8.23. The molecule has 1 heterocycles. The average molecular weight is 473 g/mol. The fourth-order valence-electron chi connectivity index (χ4n) is 3.67. The van der Waals surface area contributed by atoms with E-state index in [1.54, 1.807) is 24.4 Å². The highest BCUT2D eigenvalue weighted by molar-refractivity contribution is 6.04. The second kappa shape index (κ2) is 10.5. The number of hydrogen-bond donors (Lipinski definition) is 2. The van der Waals surface area contributed by atoms with Gasteiger partial charge < -0.3 is 15.4 Å². The summed E-state index contributed by atoms with van der Waals surface area (Å²) >= 11 is 0. The molecule has 6 heteroatoms. The van der Waals surface area contributed by atoms with Gasteiger partial charge in [-0.15, -0.1) is 0 Å². The molecule has 5 aromatic rings. The Morgan fingerprint density at radius 2 is 1.53 bits per heavy atom. The van der Waals surface area contributed by atoms with Gasteiger partial charge in [0.25, 0.3) is 5.91 Å². The first-order chi connectivity index (χ1) is 17.6. The van der Waals surface area contributed by atoms with Crippen LogP contribution in [-0.2, 0) is 0 Å². The zero-order chi connectivity index (χ0) is 24.7. The monoisotopic (exact) mass is 472 g/mol. The van der Waals surface area contributed by atoms with Crippen LogP contribution in [0.3, 0.4) is 0 Å². The Hall–Kier alpha value is -4.97. The van der Waals surface area contributed by atoms with E-state index in [0.717, 1.165) is 22.6 Å². The van der Waals surface area contributed by atoms with Gasteiger partial charge in [0, 0.05) is 28.7 Å². The Bertz CT molecular complexity index is 1480. The summed E-state index contributed by atoms with van der Waals surface area (Å²) in [6.07, 6.45) is 1.72. The predicted molar refractivity (Wildman–Crippen MR) is 143 cm³/mol. The van der Waals surface area contributed by atoms with E-state index in [-0.39, 0.29) is 5.91 Å². The number of hydrogen-bond acceptors (Lipinski definition) is 5. The third-order valence-corrected chi connectivity index (χ3v) is 5.42. The van der Waals surface area contributed by atoms with E-state index in [0.29, 0.717) is 28.6 Å². The molecule has 0 spiro atoms. The highest BCUT2D eigenvalue weighted by Crippen LogP contribution is 2.24. The van der Waals surface area contributed by atoms with Crippen molar-refractivity contribution in [1.82, 2.24) is 9.97 Å². The predicted octanol–water partition coefficient (Wildman–Crippen LogP) is 7.24. The molecule has 36 heavy (non-hydrogen) atoms. The van der Waals surface area contributed by atoms with Crippen molar-refractivity contribution in [2.24, 2.45) is 0 Å². The number of carbonyl (C=O) groups excluding carboxylic acids is 1. The van der Waals surface area contributed by atoms with Crippen molar-refractivity contribution in [3.8, 4) is 22.9 Å². The number of carbonyl (C=O) groups is 1. The minimum atomic E-state index is -0.210. The minimum Gasteiger partial charge on any atom is -0.457 e. The van der Waals surface area contributed by atoms with Crippen molar-refractivity contribution in [3.63, 3.8) is 0 Å². The molecular weight excluding hydrogens is 448 g/mol. The number of amides is 1. The molecule has 0 aliphatic carbocycles. The van der Waals surface area contributed by atoms with E-state index in [1.807, 2.05) is 97.9 Å². The number of aromatic nitrogens is 2. The highest BCUT2D eigenvalue weighted by atomic mass is 16.5. The summed E-state index contributed by atoms with van der Waals surface area (Å²) in [6, 6.07) is 33.9. The molecule has 0 atom stereocenters. The molecule has 0 fully saturated rings. The number of aryl methyl sites for hydroxylation is 1. The molecule has 5 rings (SSSR count). The van der Waals surface area contributed by atoms with E-state index in [1.165, 1.54) is 0 Å². The fraction of sp³-hybridized carbons (Fsp3) is 0.0333. The van der Waals surface area contributed by atoms with Crippen LogP contribution >= 0.6 is 0 Å². The van der Waals surface area contributed by atoms with Gasteiger partial charge in [-0.1, -0.05) is 48.0 Å². The van der Waals surface area contributed by atoms with Gasteiger partial charge in [-0.05, 0) is 73.7 Å². The number of ether oxygens (including phenoxy) is 1. The van der Waals surface area contributed by atoms with Gasteiger partial charge in [0.1, 0.15) is 17.3 Å². The molecule has 0 bridgehead atoms. The molecule has 2 N–H and O–H groups in total. The van der Waals surface area contributed by atoms with E-state index in [9.17, 15) is 4.79 Å². The fourth-order valence-corrected chi connectivity index (χ4v) is 3.67. The van der Waals surface area contributed by atoms with Crippen molar-refractivity contribution in [2.75, 3.05) is 10.6 Å². The Labute approximate surface area is 209 Å². The van der Waals surface area contributed by atoms with Crippen LogP contribution in [0.25, 0.3) is 11.4 Å². The maximum absolute atomic E-state index is 12.9. The number of nitrogens with zero attached hydrogens (tertiary/aromatic N) is 2. The van der Waals surface area contributed by atoms with Crippen LogP contribution in [0.4, 0.5) is 17.2 Å². The molecule has 0 radical (unpaired) electrons. The summed E-state index contributed by atoms with van der Waals surface area (Å²) in [5, 5.41) is 6.20. The van der Waals surface area contributed by atoms with Crippen LogP contribution < -0.4 is 15.4 Å². The number of benzene rings is 4. The van der Waals surface area contributed by atoms with Crippen molar-refractivity contribution in [1.29, 1.82) is 0 Å². The number of anilines is 3. The van der Waals surface area contributed by atoms with E-state index < -0.39 is 0 Å². The SMILES string of the molecule is Cc1cccc(-c2nccc(Nc3cccc(C(=O)Nc4ccc(Oc5ccccc5)cc4)c3)n2)c1. The zero-order valence-electron chi connectivity index (χ0n) is 19.7. The van der Waals surface area contributed by atoms with Gasteiger partial charge >= 0.3 is 0 Å². The van der Waals surface area contributed by atoms with Crippen molar-refractivity contribution in [2.45, 2.75) is 6.92 Å². The van der Waals surface area contributed by atoms with Crippen molar-refractivity contribution in [3.05, 3.63) is 127 Å². The number of nitrogens with one attached hydrogen (secondary N) is 2. The first-order valence-electron chi connectivity index (χ1n) is 11.5. The molecule has 0 aliphatic rings. The van der Waals surface area contributed by atoms with Gasteiger partial charge in [-0.25, -0.2) is 9.97 Å².